The molecule has 19 heavy (non-hydrogen) atoms. The van der Waals surface area contributed by atoms with Gasteiger partial charge in [-0.1, -0.05) is 19.1 Å². The Bertz CT molecular complexity index is 488. The lowest BCUT2D eigenvalue weighted by Crippen LogP contribution is -2.27. The first-order valence-corrected chi connectivity index (χ1v) is 7.92. The van der Waals surface area contributed by atoms with Gasteiger partial charge >= 0.3 is 0 Å². The van der Waals surface area contributed by atoms with E-state index in [2.05, 4.69) is 4.72 Å². The molecule has 0 bridgehead atoms. The predicted molar refractivity (Wildman–Crippen MR) is 75.3 cm³/mol. The van der Waals surface area contributed by atoms with Crippen LogP contribution in [0.2, 0.25) is 0 Å². The second kappa shape index (κ2) is 7.59. The van der Waals surface area contributed by atoms with Crippen LogP contribution in [0, 0.1) is 0 Å². The molecule has 5 nitrogen and oxygen atoms in total. The smallest absolute Gasteiger partial charge is 0.240 e. The number of nitrogens with two attached hydrogens (primary N) is 1. The standard InChI is InChI=1S/C13H22N2O3S/c1-3-13(14)11-6-5-7-12(10-11)19(16,17)15-8-9-18-4-2/h5-7,10,13,15H,3-4,8-9,14H2,1-2H3. The molecule has 0 heterocycles. The molecule has 1 rings (SSSR count). The van der Waals surface area contributed by atoms with Gasteiger partial charge in [-0.05, 0) is 31.0 Å². The topological polar surface area (TPSA) is 81.4 Å². The fourth-order valence-electron chi connectivity index (χ4n) is 1.62. The Morgan fingerprint density at radius 3 is 2.74 bits per heavy atom. The molecule has 0 aliphatic rings. The number of nitrogens with one attached hydrogen (secondary N) is 1. The number of sulfonamides is 1. The van der Waals surface area contributed by atoms with Gasteiger partial charge in [-0.3, -0.25) is 0 Å². The van der Waals surface area contributed by atoms with Gasteiger partial charge in [0, 0.05) is 19.2 Å². The van der Waals surface area contributed by atoms with E-state index in [-0.39, 0.29) is 17.5 Å². The number of ether oxygens (including phenoxy) is 1. The van der Waals surface area contributed by atoms with Crippen LogP contribution in [-0.2, 0) is 14.8 Å². The summed E-state index contributed by atoms with van der Waals surface area (Å²) in [6.45, 7) is 5.03. The van der Waals surface area contributed by atoms with Crippen molar-refractivity contribution in [1.29, 1.82) is 0 Å². The monoisotopic (exact) mass is 286 g/mol. The van der Waals surface area contributed by atoms with Crippen LogP contribution in [0.4, 0.5) is 0 Å². The molecular formula is C13H22N2O3S. The van der Waals surface area contributed by atoms with E-state index in [1.165, 1.54) is 0 Å². The van der Waals surface area contributed by atoms with Crippen molar-refractivity contribution in [3.8, 4) is 0 Å². The minimum atomic E-state index is -3.49. The molecule has 1 unspecified atom stereocenters. The fourth-order valence-corrected chi connectivity index (χ4v) is 2.69. The molecule has 1 aromatic rings. The molecular weight excluding hydrogens is 264 g/mol. The van der Waals surface area contributed by atoms with Crippen LogP contribution >= 0.6 is 0 Å². The maximum Gasteiger partial charge on any atom is 0.240 e. The molecule has 0 spiro atoms. The molecule has 0 fully saturated rings. The summed E-state index contributed by atoms with van der Waals surface area (Å²) in [4.78, 5) is 0.241. The molecule has 0 aromatic heterocycles. The summed E-state index contributed by atoms with van der Waals surface area (Å²) in [5.74, 6) is 0. The molecule has 1 atom stereocenters. The van der Waals surface area contributed by atoms with Crippen LogP contribution in [0.5, 0.6) is 0 Å². The van der Waals surface area contributed by atoms with Gasteiger partial charge in [0.05, 0.1) is 11.5 Å². The molecule has 1 aromatic carbocycles. The zero-order chi connectivity index (χ0) is 14.3. The zero-order valence-electron chi connectivity index (χ0n) is 11.4. The van der Waals surface area contributed by atoms with Crippen molar-refractivity contribution in [3.05, 3.63) is 29.8 Å². The van der Waals surface area contributed by atoms with Crippen molar-refractivity contribution in [3.63, 3.8) is 0 Å². The van der Waals surface area contributed by atoms with Crippen LogP contribution in [0.1, 0.15) is 31.9 Å². The molecule has 0 amide bonds. The first kappa shape index (κ1) is 16.1. The lowest BCUT2D eigenvalue weighted by atomic mass is 10.1. The third kappa shape index (κ3) is 4.91. The SMILES string of the molecule is CCOCCNS(=O)(=O)c1cccc(C(N)CC)c1. The molecule has 0 saturated heterocycles. The Morgan fingerprint density at radius 2 is 2.11 bits per heavy atom. The Labute approximate surface area is 115 Å². The maximum atomic E-state index is 12.1. The first-order chi connectivity index (χ1) is 9.01. The van der Waals surface area contributed by atoms with E-state index in [9.17, 15) is 8.42 Å². The van der Waals surface area contributed by atoms with E-state index in [4.69, 9.17) is 10.5 Å². The van der Waals surface area contributed by atoms with E-state index in [0.29, 0.717) is 13.2 Å². The Morgan fingerprint density at radius 1 is 1.37 bits per heavy atom. The van der Waals surface area contributed by atoms with Crippen LogP contribution in [0.15, 0.2) is 29.2 Å². The normalized spacial score (nSPS) is 13.4. The second-order valence-corrected chi connectivity index (χ2v) is 5.95. The zero-order valence-corrected chi connectivity index (χ0v) is 12.2. The number of hydrogen-bond acceptors (Lipinski definition) is 4. The van der Waals surface area contributed by atoms with Crippen LogP contribution < -0.4 is 10.5 Å². The quantitative estimate of drug-likeness (QED) is 0.708. The summed E-state index contributed by atoms with van der Waals surface area (Å²) in [7, 11) is -3.49. The fraction of sp³-hybridized carbons (Fsp3) is 0.538. The van der Waals surface area contributed by atoms with E-state index in [1.54, 1.807) is 18.2 Å². The largest absolute Gasteiger partial charge is 0.380 e. The van der Waals surface area contributed by atoms with Gasteiger partial charge in [-0.2, -0.15) is 0 Å². The highest BCUT2D eigenvalue weighted by molar-refractivity contribution is 7.89. The summed E-state index contributed by atoms with van der Waals surface area (Å²) < 4.78 is 31.7. The number of rotatable bonds is 8. The van der Waals surface area contributed by atoms with Crippen molar-refractivity contribution in [1.82, 2.24) is 4.72 Å². The third-order valence-corrected chi connectivity index (χ3v) is 4.24. The molecule has 0 aliphatic heterocycles. The van der Waals surface area contributed by atoms with E-state index < -0.39 is 10.0 Å². The molecule has 0 saturated carbocycles. The van der Waals surface area contributed by atoms with Gasteiger partial charge in [0.15, 0.2) is 0 Å². The number of benzene rings is 1. The van der Waals surface area contributed by atoms with Crippen molar-refractivity contribution in [2.24, 2.45) is 5.73 Å². The number of hydrogen-bond donors (Lipinski definition) is 2. The highest BCUT2D eigenvalue weighted by atomic mass is 32.2. The minimum absolute atomic E-state index is 0.140. The second-order valence-electron chi connectivity index (χ2n) is 4.18. The van der Waals surface area contributed by atoms with Crippen LogP contribution in [0.3, 0.4) is 0 Å². The van der Waals surface area contributed by atoms with Gasteiger partial charge in [0.2, 0.25) is 10.0 Å². The van der Waals surface area contributed by atoms with E-state index >= 15 is 0 Å². The Hall–Kier alpha value is -0.950. The third-order valence-electron chi connectivity index (χ3n) is 2.78. The van der Waals surface area contributed by atoms with Gasteiger partial charge < -0.3 is 10.5 Å². The lowest BCUT2D eigenvalue weighted by molar-refractivity contribution is 0.153. The highest BCUT2D eigenvalue weighted by Gasteiger charge is 2.14. The maximum absolute atomic E-state index is 12.1. The van der Waals surface area contributed by atoms with Crippen molar-refractivity contribution in [2.45, 2.75) is 31.2 Å². The summed E-state index contributed by atoms with van der Waals surface area (Å²) in [6.07, 6.45) is 0.765. The summed E-state index contributed by atoms with van der Waals surface area (Å²) in [5, 5.41) is 0. The average molecular weight is 286 g/mol. The van der Waals surface area contributed by atoms with Gasteiger partial charge in [-0.25, -0.2) is 13.1 Å². The van der Waals surface area contributed by atoms with Crippen LogP contribution in [-0.4, -0.2) is 28.2 Å². The van der Waals surface area contributed by atoms with E-state index in [1.807, 2.05) is 19.9 Å². The van der Waals surface area contributed by atoms with E-state index in [0.717, 1.165) is 12.0 Å². The molecule has 0 aliphatic carbocycles. The highest BCUT2D eigenvalue weighted by Crippen LogP contribution is 2.17. The summed E-state index contributed by atoms with van der Waals surface area (Å²) in [5.41, 5.74) is 6.74. The van der Waals surface area contributed by atoms with Gasteiger partial charge in [0.1, 0.15) is 0 Å². The average Bonchev–Trinajstić information content (AvgIpc) is 2.43. The molecule has 108 valence electrons. The summed E-state index contributed by atoms with van der Waals surface area (Å²) in [6, 6.07) is 6.60. The van der Waals surface area contributed by atoms with Crippen molar-refractivity contribution >= 4 is 10.0 Å². The Kier molecular flexibility index (Phi) is 6.44. The minimum Gasteiger partial charge on any atom is -0.380 e. The van der Waals surface area contributed by atoms with Gasteiger partial charge in [0.25, 0.3) is 0 Å². The lowest BCUT2D eigenvalue weighted by Gasteiger charge is -2.12. The van der Waals surface area contributed by atoms with Gasteiger partial charge in [-0.15, -0.1) is 0 Å². The predicted octanol–water partition coefficient (Wildman–Crippen LogP) is 1.41. The summed E-state index contributed by atoms with van der Waals surface area (Å²) >= 11 is 0. The Balaban J connectivity index is 2.77. The molecule has 6 heteroatoms. The van der Waals surface area contributed by atoms with Crippen LogP contribution in [0.25, 0.3) is 0 Å². The van der Waals surface area contributed by atoms with Crippen molar-refractivity contribution < 1.29 is 13.2 Å². The first-order valence-electron chi connectivity index (χ1n) is 6.44. The molecule has 3 N–H and O–H groups in total. The molecule has 0 radical (unpaired) electrons. The van der Waals surface area contributed by atoms with Crippen molar-refractivity contribution in [2.75, 3.05) is 19.8 Å².